The van der Waals surface area contributed by atoms with Crippen LogP contribution in [0.3, 0.4) is 0 Å². The SMILES string of the molecule is Cc1cc(OCCS(C)(=O)=O)cc(C)c1-c1cccc(OCc2ccc(CCC(=O)O)c(F)c2)n1. The lowest BCUT2D eigenvalue weighted by Gasteiger charge is -2.14. The fraction of sp³-hybridized carbons (Fsp3) is 0.308. The average Bonchev–Trinajstić information content (AvgIpc) is 2.76. The van der Waals surface area contributed by atoms with E-state index in [1.165, 1.54) is 12.3 Å². The molecule has 0 fully saturated rings. The van der Waals surface area contributed by atoms with Gasteiger partial charge in [-0.05, 0) is 66.8 Å². The largest absolute Gasteiger partial charge is 0.493 e. The predicted molar refractivity (Wildman–Crippen MR) is 131 cm³/mol. The van der Waals surface area contributed by atoms with E-state index in [4.69, 9.17) is 14.6 Å². The van der Waals surface area contributed by atoms with Crippen LogP contribution in [0.4, 0.5) is 4.39 Å². The molecule has 3 aromatic rings. The Bertz CT molecular complexity index is 1300. The molecule has 0 unspecified atom stereocenters. The maximum atomic E-state index is 14.3. The number of aromatic nitrogens is 1. The molecular formula is C26H28FNO6S. The van der Waals surface area contributed by atoms with E-state index >= 15 is 0 Å². The van der Waals surface area contributed by atoms with Crippen LogP contribution >= 0.6 is 0 Å². The third kappa shape index (κ3) is 7.78. The van der Waals surface area contributed by atoms with Gasteiger partial charge in [0.1, 0.15) is 24.8 Å². The minimum absolute atomic E-state index is 0.0528. The number of aryl methyl sites for hydroxylation is 3. The van der Waals surface area contributed by atoms with Crippen molar-refractivity contribution in [1.82, 2.24) is 4.98 Å². The number of ether oxygens (including phenoxy) is 2. The lowest BCUT2D eigenvalue weighted by Crippen LogP contribution is -2.12. The first-order valence-electron chi connectivity index (χ1n) is 11.0. The highest BCUT2D eigenvalue weighted by Gasteiger charge is 2.12. The van der Waals surface area contributed by atoms with Crippen molar-refractivity contribution in [2.24, 2.45) is 0 Å². The summed E-state index contributed by atoms with van der Waals surface area (Å²) in [5.74, 6) is -0.511. The molecule has 0 amide bonds. The summed E-state index contributed by atoms with van der Waals surface area (Å²) in [5.41, 5.74) is 4.42. The topological polar surface area (TPSA) is 103 Å². The third-order valence-electron chi connectivity index (χ3n) is 5.32. The second-order valence-corrected chi connectivity index (χ2v) is 10.6. The zero-order valence-electron chi connectivity index (χ0n) is 19.9. The Balaban J connectivity index is 1.70. The molecule has 7 nitrogen and oxygen atoms in total. The molecule has 1 aromatic heterocycles. The summed E-state index contributed by atoms with van der Waals surface area (Å²) in [6, 6.07) is 13.7. The van der Waals surface area contributed by atoms with Crippen molar-refractivity contribution in [3.8, 4) is 22.9 Å². The van der Waals surface area contributed by atoms with Crippen LogP contribution in [0.5, 0.6) is 11.6 Å². The molecule has 2 aromatic carbocycles. The standard InChI is InChI=1S/C26H28FNO6S/c1-17-13-21(33-11-12-35(3,31)32)14-18(2)26(17)23-5-4-6-24(28-23)34-16-19-7-8-20(22(27)15-19)9-10-25(29)30/h4-8,13-15H,9-12,16H2,1-3H3,(H,29,30). The van der Waals surface area contributed by atoms with E-state index in [1.807, 2.05) is 38.1 Å². The fourth-order valence-electron chi connectivity index (χ4n) is 3.64. The summed E-state index contributed by atoms with van der Waals surface area (Å²) in [5, 5.41) is 8.77. The number of carboxylic acid groups (broad SMARTS) is 1. The number of carbonyl (C=O) groups is 1. The van der Waals surface area contributed by atoms with Crippen molar-refractivity contribution in [2.75, 3.05) is 18.6 Å². The Morgan fingerprint density at radius 2 is 1.77 bits per heavy atom. The summed E-state index contributed by atoms with van der Waals surface area (Å²) in [4.78, 5) is 15.3. The summed E-state index contributed by atoms with van der Waals surface area (Å²) >= 11 is 0. The summed E-state index contributed by atoms with van der Waals surface area (Å²) in [7, 11) is -3.10. The Morgan fingerprint density at radius 3 is 2.40 bits per heavy atom. The maximum absolute atomic E-state index is 14.3. The zero-order valence-corrected chi connectivity index (χ0v) is 20.7. The number of benzene rings is 2. The maximum Gasteiger partial charge on any atom is 0.303 e. The van der Waals surface area contributed by atoms with Crippen LogP contribution in [-0.2, 0) is 27.7 Å². The normalized spacial score (nSPS) is 11.3. The smallest absolute Gasteiger partial charge is 0.303 e. The van der Waals surface area contributed by atoms with Crippen LogP contribution in [0.1, 0.15) is 28.7 Å². The predicted octanol–water partition coefficient (Wildman–Crippen LogP) is 4.52. The van der Waals surface area contributed by atoms with Crippen molar-refractivity contribution in [1.29, 1.82) is 0 Å². The van der Waals surface area contributed by atoms with E-state index in [2.05, 4.69) is 4.98 Å². The van der Waals surface area contributed by atoms with Crippen molar-refractivity contribution < 1.29 is 32.2 Å². The Kier molecular flexibility index (Phi) is 8.45. The van der Waals surface area contributed by atoms with Gasteiger partial charge in [-0.1, -0.05) is 18.2 Å². The Labute approximate surface area is 204 Å². The molecule has 1 heterocycles. The number of carboxylic acids is 1. The molecular weight excluding hydrogens is 473 g/mol. The summed E-state index contributed by atoms with van der Waals surface area (Å²) < 4.78 is 48.3. The zero-order chi connectivity index (χ0) is 25.6. The molecule has 186 valence electrons. The number of hydrogen-bond donors (Lipinski definition) is 1. The van der Waals surface area contributed by atoms with Gasteiger partial charge in [0.2, 0.25) is 5.88 Å². The first kappa shape index (κ1) is 26.2. The van der Waals surface area contributed by atoms with Gasteiger partial charge in [0.25, 0.3) is 0 Å². The molecule has 35 heavy (non-hydrogen) atoms. The van der Waals surface area contributed by atoms with E-state index in [0.29, 0.717) is 28.5 Å². The van der Waals surface area contributed by atoms with Gasteiger partial charge in [0.15, 0.2) is 9.84 Å². The van der Waals surface area contributed by atoms with Gasteiger partial charge in [0.05, 0.1) is 11.4 Å². The van der Waals surface area contributed by atoms with E-state index in [1.54, 1.807) is 18.2 Å². The fourth-order valence-corrected chi connectivity index (χ4v) is 4.02. The molecule has 0 aliphatic heterocycles. The second kappa shape index (κ2) is 11.3. The van der Waals surface area contributed by atoms with Crippen LogP contribution < -0.4 is 9.47 Å². The van der Waals surface area contributed by atoms with Crippen LogP contribution in [-0.4, -0.2) is 43.1 Å². The van der Waals surface area contributed by atoms with Gasteiger partial charge in [-0.3, -0.25) is 4.79 Å². The van der Waals surface area contributed by atoms with Gasteiger partial charge >= 0.3 is 5.97 Å². The lowest BCUT2D eigenvalue weighted by molar-refractivity contribution is -0.136. The molecule has 0 aliphatic carbocycles. The molecule has 3 rings (SSSR count). The number of rotatable bonds is 11. The monoisotopic (exact) mass is 501 g/mol. The molecule has 9 heteroatoms. The van der Waals surface area contributed by atoms with Crippen LogP contribution in [0.25, 0.3) is 11.3 Å². The van der Waals surface area contributed by atoms with Crippen molar-refractivity contribution in [2.45, 2.75) is 33.3 Å². The molecule has 1 N–H and O–H groups in total. The second-order valence-electron chi connectivity index (χ2n) is 8.38. The van der Waals surface area contributed by atoms with Crippen LogP contribution in [0.15, 0.2) is 48.5 Å². The Morgan fingerprint density at radius 1 is 1.06 bits per heavy atom. The number of sulfone groups is 1. The van der Waals surface area contributed by atoms with Gasteiger partial charge in [-0.15, -0.1) is 0 Å². The van der Waals surface area contributed by atoms with E-state index < -0.39 is 21.6 Å². The highest BCUT2D eigenvalue weighted by Crippen LogP contribution is 2.31. The lowest BCUT2D eigenvalue weighted by atomic mass is 9.99. The van der Waals surface area contributed by atoms with Gasteiger partial charge in [0, 0.05) is 24.3 Å². The van der Waals surface area contributed by atoms with E-state index in [-0.39, 0.29) is 31.8 Å². The van der Waals surface area contributed by atoms with Crippen molar-refractivity contribution in [3.05, 3.63) is 76.6 Å². The van der Waals surface area contributed by atoms with Gasteiger partial charge in [-0.25, -0.2) is 17.8 Å². The number of nitrogens with zero attached hydrogens (tertiary/aromatic N) is 1. The molecule has 0 radical (unpaired) electrons. The minimum Gasteiger partial charge on any atom is -0.493 e. The van der Waals surface area contributed by atoms with Crippen LogP contribution in [0.2, 0.25) is 0 Å². The highest BCUT2D eigenvalue weighted by atomic mass is 32.2. The average molecular weight is 502 g/mol. The Hall–Kier alpha value is -3.46. The summed E-state index contributed by atoms with van der Waals surface area (Å²) in [6.45, 7) is 4.04. The first-order chi connectivity index (χ1) is 16.5. The van der Waals surface area contributed by atoms with Crippen molar-refractivity contribution in [3.63, 3.8) is 0 Å². The molecule has 0 aliphatic rings. The van der Waals surface area contributed by atoms with Gasteiger partial charge < -0.3 is 14.6 Å². The number of aliphatic carboxylic acids is 1. The number of hydrogen-bond acceptors (Lipinski definition) is 6. The number of halogens is 1. The first-order valence-corrected chi connectivity index (χ1v) is 13.1. The molecule has 0 saturated carbocycles. The molecule has 0 spiro atoms. The number of pyridine rings is 1. The molecule has 0 atom stereocenters. The minimum atomic E-state index is -3.10. The third-order valence-corrected chi connectivity index (χ3v) is 6.23. The summed E-state index contributed by atoms with van der Waals surface area (Å²) in [6.07, 6.45) is 1.17. The molecule has 0 saturated heterocycles. The quantitative estimate of drug-likeness (QED) is 0.412. The molecule has 0 bridgehead atoms. The van der Waals surface area contributed by atoms with Crippen molar-refractivity contribution >= 4 is 15.8 Å². The highest BCUT2D eigenvalue weighted by molar-refractivity contribution is 7.90. The van der Waals surface area contributed by atoms with Crippen LogP contribution in [0, 0.1) is 19.7 Å². The van der Waals surface area contributed by atoms with E-state index in [0.717, 1.165) is 16.7 Å². The van der Waals surface area contributed by atoms with Gasteiger partial charge in [-0.2, -0.15) is 0 Å². The van der Waals surface area contributed by atoms with E-state index in [9.17, 15) is 17.6 Å².